The van der Waals surface area contributed by atoms with Crippen LogP contribution in [-0.4, -0.2) is 37.7 Å². The van der Waals surface area contributed by atoms with E-state index in [0.717, 1.165) is 19.6 Å². The largest absolute Gasteiger partial charge is 0.377 e. The molecule has 0 fully saturated rings. The summed E-state index contributed by atoms with van der Waals surface area (Å²) in [6.45, 7) is 8.56. The maximum absolute atomic E-state index is 5.93. The summed E-state index contributed by atoms with van der Waals surface area (Å²) in [7, 11) is 2.11. The van der Waals surface area contributed by atoms with Gasteiger partial charge in [0.25, 0.3) is 0 Å². The van der Waals surface area contributed by atoms with Crippen molar-refractivity contribution in [2.75, 3.05) is 26.7 Å². The van der Waals surface area contributed by atoms with E-state index in [9.17, 15) is 0 Å². The van der Waals surface area contributed by atoms with E-state index in [1.807, 2.05) is 0 Å². The SMILES string of the molecule is CCc1ccc(C(CN)N(C)CCOC(C)C)cc1. The van der Waals surface area contributed by atoms with Crippen LogP contribution in [0.4, 0.5) is 0 Å². The first-order chi connectivity index (χ1) is 9.08. The second kappa shape index (κ2) is 8.31. The van der Waals surface area contributed by atoms with Crippen molar-refractivity contribution in [2.45, 2.75) is 39.3 Å². The molecule has 0 saturated heterocycles. The fraction of sp³-hybridized carbons (Fsp3) is 0.625. The van der Waals surface area contributed by atoms with E-state index in [1.54, 1.807) is 0 Å². The highest BCUT2D eigenvalue weighted by atomic mass is 16.5. The van der Waals surface area contributed by atoms with E-state index in [4.69, 9.17) is 10.5 Å². The molecular weight excluding hydrogens is 236 g/mol. The van der Waals surface area contributed by atoms with Crippen LogP contribution in [0.15, 0.2) is 24.3 Å². The van der Waals surface area contributed by atoms with E-state index in [1.165, 1.54) is 11.1 Å². The minimum absolute atomic E-state index is 0.265. The topological polar surface area (TPSA) is 38.5 Å². The zero-order chi connectivity index (χ0) is 14.3. The van der Waals surface area contributed by atoms with Crippen molar-refractivity contribution in [1.82, 2.24) is 4.90 Å². The number of nitrogens with two attached hydrogens (primary N) is 1. The van der Waals surface area contributed by atoms with Gasteiger partial charge in [-0.2, -0.15) is 0 Å². The molecule has 0 radical (unpaired) electrons. The molecule has 0 spiro atoms. The van der Waals surface area contributed by atoms with Crippen LogP contribution in [0.25, 0.3) is 0 Å². The summed E-state index contributed by atoms with van der Waals surface area (Å²) in [5, 5.41) is 0. The second-order valence-corrected chi connectivity index (χ2v) is 5.25. The summed E-state index contributed by atoms with van der Waals surface area (Å²) in [6, 6.07) is 9.03. The number of ether oxygens (including phenoxy) is 1. The van der Waals surface area contributed by atoms with E-state index in [2.05, 4.69) is 57.0 Å². The maximum atomic E-state index is 5.93. The first-order valence-corrected chi connectivity index (χ1v) is 7.19. The lowest BCUT2D eigenvalue weighted by atomic mass is 10.0. The number of nitrogens with zero attached hydrogens (tertiary/aromatic N) is 1. The molecule has 0 aliphatic rings. The van der Waals surface area contributed by atoms with Crippen LogP contribution < -0.4 is 5.73 Å². The molecule has 0 amide bonds. The van der Waals surface area contributed by atoms with Crippen LogP contribution in [0.1, 0.15) is 37.9 Å². The van der Waals surface area contributed by atoms with Gasteiger partial charge in [0.1, 0.15) is 0 Å². The van der Waals surface area contributed by atoms with Gasteiger partial charge in [0.05, 0.1) is 12.7 Å². The normalized spacial score (nSPS) is 13.2. The molecule has 0 aromatic heterocycles. The van der Waals surface area contributed by atoms with E-state index < -0.39 is 0 Å². The summed E-state index contributed by atoms with van der Waals surface area (Å²) >= 11 is 0. The van der Waals surface area contributed by atoms with Crippen LogP contribution in [0.3, 0.4) is 0 Å². The Morgan fingerprint density at radius 2 is 1.84 bits per heavy atom. The minimum Gasteiger partial charge on any atom is -0.377 e. The summed E-state index contributed by atoms with van der Waals surface area (Å²) in [4.78, 5) is 2.27. The summed E-state index contributed by atoms with van der Waals surface area (Å²) in [5.41, 5.74) is 8.58. The van der Waals surface area contributed by atoms with E-state index in [-0.39, 0.29) is 12.1 Å². The standard InChI is InChI=1S/C16H28N2O/c1-5-14-6-8-15(9-7-14)16(12-17)18(4)10-11-19-13(2)3/h6-9,13,16H,5,10-12,17H2,1-4H3. The molecule has 1 unspecified atom stereocenters. The number of benzene rings is 1. The third kappa shape index (κ3) is 5.31. The lowest BCUT2D eigenvalue weighted by Gasteiger charge is -2.27. The summed E-state index contributed by atoms with van der Waals surface area (Å²) in [6.07, 6.45) is 1.36. The predicted molar refractivity (Wildman–Crippen MR) is 81.3 cm³/mol. The van der Waals surface area contributed by atoms with Gasteiger partial charge < -0.3 is 10.5 Å². The van der Waals surface area contributed by atoms with Crippen LogP contribution in [0, 0.1) is 0 Å². The molecule has 3 heteroatoms. The van der Waals surface area contributed by atoms with Gasteiger partial charge in [0.15, 0.2) is 0 Å². The van der Waals surface area contributed by atoms with Crippen LogP contribution in [-0.2, 0) is 11.2 Å². The number of aryl methyl sites for hydroxylation is 1. The molecule has 1 rings (SSSR count). The Morgan fingerprint density at radius 3 is 2.32 bits per heavy atom. The van der Waals surface area contributed by atoms with Crippen LogP contribution in [0.5, 0.6) is 0 Å². The van der Waals surface area contributed by atoms with Gasteiger partial charge in [-0.1, -0.05) is 31.2 Å². The molecular formula is C16H28N2O. The monoisotopic (exact) mass is 264 g/mol. The third-order valence-electron chi connectivity index (χ3n) is 3.42. The van der Waals surface area contributed by atoms with Gasteiger partial charge in [0, 0.05) is 19.1 Å². The van der Waals surface area contributed by atoms with Gasteiger partial charge >= 0.3 is 0 Å². The second-order valence-electron chi connectivity index (χ2n) is 5.25. The quantitative estimate of drug-likeness (QED) is 0.784. The molecule has 108 valence electrons. The lowest BCUT2D eigenvalue weighted by Crippen LogP contribution is -2.33. The molecule has 0 bridgehead atoms. The highest BCUT2D eigenvalue weighted by Crippen LogP contribution is 2.18. The van der Waals surface area contributed by atoms with Crippen molar-refractivity contribution in [3.8, 4) is 0 Å². The van der Waals surface area contributed by atoms with Gasteiger partial charge in [-0.3, -0.25) is 4.90 Å². The Kier molecular flexibility index (Phi) is 7.06. The maximum Gasteiger partial charge on any atom is 0.0597 e. The first-order valence-electron chi connectivity index (χ1n) is 7.19. The van der Waals surface area contributed by atoms with Crippen molar-refractivity contribution in [3.05, 3.63) is 35.4 Å². The smallest absolute Gasteiger partial charge is 0.0597 e. The number of hydrogen-bond donors (Lipinski definition) is 1. The third-order valence-corrected chi connectivity index (χ3v) is 3.42. The molecule has 0 aliphatic carbocycles. The van der Waals surface area contributed by atoms with Crippen molar-refractivity contribution >= 4 is 0 Å². The number of rotatable bonds is 8. The zero-order valence-corrected chi connectivity index (χ0v) is 12.7. The molecule has 0 heterocycles. The first kappa shape index (κ1) is 16.2. The Bertz CT molecular complexity index is 348. The zero-order valence-electron chi connectivity index (χ0n) is 12.7. The van der Waals surface area contributed by atoms with Gasteiger partial charge in [-0.15, -0.1) is 0 Å². The predicted octanol–water partition coefficient (Wildman–Crippen LogP) is 2.61. The Labute approximate surface area is 117 Å². The minimum atomic E-state index is 0.265. The highest BCUT2D eigenvalue weighted by Gasteiger charge is 2.15. The van der Waals surface area contributed by atoms with Crippen molar-refractivity contribution < 1.29 is 4.74 Å². The highest BCUT2D eigenvalue weighted by molar-refractivity contribution is 5.25. The molecule has 3 nitrogen and oxygen atoms in total. The van der Waals surface area contributed by atoms with Crippen LogP contribution in [0.2, 0.25) is 0 Å². The Morgan fingerprint density at radius 1 is 1.21 bits per heavy atom. The molecule has 19 heavy (non-hydrogen) atoms. The molecule has 0 saturated carbocycles. The molecule has 1 atom stereocenters. The van der Waals surface area contributed by atoms with Gasteiger partial charge in [0.2, 0.25) is 0 Å². The molecule has 2 N–H and O–H groups in total. The van der Waals surface area contributed by atoms with Crippen molar-refractivity contribution in [1.29, 1.82) is 0 Å². The summed E-state index contributed by atoms with van der Waals surface area (Å²) in [5.74, 6) is 0. The Hall–Kier alpha value is -0.900. The molecule has 1 aromatic rings. The number of likely N-dealkylation sites (N-methyl/N-ethyl adjacent to an activating group) is 1. The summed E-state index contributed by atoms with van der Waals surface area (Å²) < 4.78 is 5.60. The van der Waals surface area contributed by atoms with Gasteiger partial charge in [-0.05, 0) is 38.4 Å². The van der Waals surface area contributed by atoms with Gasteiger partial charge in [-0.25, -0.2) is 0 Å². The van der Waals surface area contributed by atoms with Crippen LogP contribution >= 0.6 is 0 Å². The molecule has 1 aromatic carbocycles. The van der Waals surface area contributed by atoms with E-state index >= 15 is 0 Å². The van der Waals surface area contributed by atoms with Crippen molar-refractivity contribution in [3.63, 3.8) is 0 Å². The molecule has 0 aliphatic heterocycles. The fourth-order valence-electron chi connectivity index (χ4n) is 2.13. The average Bonchev–Trinajstić information content (AvgIpc) is 2.40. The van der Waals surface area contributed by atoms with Crippen molar-refractivity contribution in [2.24, 2.45) is 5.73 Å². The van der Waals surface area contributed by atoms with E-state index in [0.29, 0.717) is 6.54 Å². The average molecular weight is 264 g/mol. The lowest BCUT2D eigenvalue weighted by molar-refractivity contribution is 0.0564. The number of hydrogen-bond acceptors (Lipinski definition) is 3. The Balaban J connectivity index is 2.59. The fourth-order valence-corrected chi connectivity index (χ4v) is 2.13.